The summed E-state index contributed by atoms with van der Waals surface area (Å²) in [6.07, 6.45) is 0. The highest BCUT2D eigenvalue weighted by Crippen LogP contribution is 2.36. The van der Waals surface area contributed by atoms with Crippen LogP contribution in [0.3, 0.4) is 0 Å². The first kappa shape index (κ1) is 29.4. The summed E-state index contributed by atoms with van der Waals surface area (Å²) in [6.45, 7) is 8.60. The highest BCUT2D eigenvalue weighted by Gasteiger charge is 2.30. The average molecular weight is 613 g/mol. The van der Waals surface area contributed by atoms with Crippen LogP contribution in [0, 0.1) is 27.7 Å². The molecule has 0 atom stereocenters. The van der Waals surface area contributed by atoms with Crippen molar-refractivity contribution in [2.75, 3.05) is 0 Å². The molecule has 6 rings (SSSR count). The van der Waals surface area contributed by atoms with Crippen LogP contribution in [0.15, 0.2) is 185 Å². The van der Waals surface area contributed by atoms with Crippen LogP contribution in [0.2, 0.25) is 0 Å². The van der Waals surface area contributed by atoms with Gasteiger partial charge >= 0.3 is 0 Å². The molecule has 0 bridgehead atoms. The smallest absolute Gasteiger partial charge is 0.0901 e. The Bertz CT molecular complexity index is 1540. The summed E-state index contributed by atoms with van der Waals surface area (Å²) in [7, 11) is -0.285. The van der Waals surface area contributed by atoms with Crippen molar-refractivity contribution in [2.24, 2.45) is 0 Å². The van der Waals surface area contributed by atoms with E-state index in [1.54, 1.807) is 0 Å². The normalized spacial score (nSPS) is 11.3. The Morgan fingerprint density at radius 3 is 0.674 bits per heavy atom. The summed E-state index contributed by atoms with van der Waals surface area (Å²) < 4.78 is 0. The minimum atomic E-state index is -0.142. The zero-order valence-electron chi connectivity index (χ0n) is 25.1. The Balaban J connectivity index is 1.24. The summed E-state index contributed by atoms with van der Waals surface area (Å²) in [6, 6.07) is 54.4. The van der Waals surface area contributed by atoms with Crippen LogP contribution >= 0.6 is 11.8 Å². The maximum absolute atomic E-state index is 2.31. The first-order valence-corrected chi connectivity index (χ1v) is 17.8. The number of hydrogen-bond donors (Lipinski definition) is 0. The fraction of sp³-hybridized carbons (Fsp3) is 0.100. The first-order chi connectivity index (χ1) is 20.9. The van der Waals surface area contributed by atoms with Crippen molar-refractivity contribution in [3.8, 4) is 0 Å². The number of aryl methyl sites for hydroxylation is 4. The van der Waals surface area contributed by atoms with Crippen molar-refractivity contribution in [3.63, 3.8) is 0 Å². The average Bonchev–Trinajstić information content (AvgIpc) is 3.03. The summed E-state index contributed by atoms with van der Waals surface area (Å²) in [4.78, 5) is 10.6. The van der Waals surface area contributed by atoms with Gasteiger partial charge in [0.25, 0.3) is 0 Å². The molecule has 212 valence electrons. The largest absolute Gasteiger partial charge is 0.166 e. The van der Waals surface area contributed by atoms with Gasteiger partial charge in [-0.15, -0.1) is 0 Å². The zero-order chi connectivity index (χ0) is 29.8. The number of rotatable bonds is 8. The van der Waals surface area contributed by atoms with Crippen LogP contribution in [0.1, 0.15) is 22.3 Å². The van der Waals surface area contributed by atoms with Crippen molar-refractivity contribution in [1.29, 1.82) is 0 Å². The molecule has 0 spiro atoms. The molecule has 0 radical (unpaired) electrons. The molecule has 0 heterocycles. The molecular formula is C40H36S3+2. The quantitative estimate of drug-likeness (QED) is 0.154. The molecule has 0 saturated heterocycles. The summed E-state index contributed by atoms with van der Waals surface area (Å²) in [5, 5.41) is 0. The fourth-order valence-corrected chi connectivity index (χ4v) is 9.84. The molecule has 0 nitrogen and oxygen atoms in total. The molecule has 0 saturated carbocycles. The Morgan fingerprint density at radius 1 is 0.279 bits per heavy atom. The van der Waals surface area contributed by atoms with E-state index in [0.717, 1.165) is 0 Å². The molecule has 0 aliphatic carbocycles. The second-order valence-electron chi connectivity index (χ2n) is 10.9. The first-order valence-electron chi connectivity index (χ1n) is 14.6. The topological polar surface area (TPSA) is 0 Å². The van der Waals surface area contributed by atoms with Gasteiger partial charge in [0.2, 0.25) is 0 Å². The third-order valence-corrected chi connectivity index (χ3v) is 12.9. The monoisotopic (exact) mass is 612 g/mol. The van der Waals surface area contributed by atoms with Gasteiger partial charge in [0.05, 0.1) is 21.8 Å². The van der Waals surface area contributed by atoms with Gasteiger partial charge < -0.3 is 0 Å². The van der Waals surface area contributed by atoms with Crippen LogP contribution in [-0.2, 0) is 21.8 Å². The lowest BCUT2D eigenvalue weighted by Gasteiger charge is -2.10. The van der Waals surface area contributed by atoms with Gasteiger partial charge in [-0.25, -0.2) is 0 Å². The van der Waals surface area contributed by atoms with E-state index in [9.17, 15) is 0 Å². The van der Waals surface area contributed by atoms with Crippen LogP contribution < -0.4 is 0 Å². The van der Waals surface area contributed by atoms with Gasteiger partial charge in [0, 0.05) is 9.79 Å². The molecule has 3 heteroatoms. The van der Waals surface area contributed by atoms with E-state index < -0.39 is 0 Å². The molecule has 6 aromatic carbocycles. The Hall–Kier alpha value is -3.63. The Labute approximate surface area is 266 Å². The minimum Gasteiger partial charge on any atom is -0.0901 e. The predicted molar refractivity (Wildman–Crippen MR) is 186 cm³/mol. The standard InChI is InChI=1S/C40H36S3/c1-29-5-17-35(18-6-29)42(36-19-7-30(2)8-20-36)39-25-13-33(14-26-39)41-34-15-27-40(28-16-34)43(37-21-9-31(3)10-22-37)38-23-11-32(4)12-24-38/h5-28H,1-4H3/q+2. The molecule has 0 aliphatic heterocycles. The summed E-state index contributed by atoms with van der Waals surface area (Å²) >= 11 is 1.83. The molecule has 0 fully saturated rings. The van der Waals surface area contributed by atoms with Crippen molar-refractivity contribution < 1.29 is 0 Å². The van der Waals surface area contributed by atoms with E-state index in [1.165, 1.54) is 61.4 Å². The van der Waals surface area contributed by atoms with E-state index in [0.29, 0.717) is 0 Å². The Kier molecular flexibility index (Phi) is 9.14. The summed E-state index contributed by atoms with van der Waals surface area (Å²) in [5.74, 6) is 0. The number of benzene rings is 6. The maximum atomic E-state index is 2.31. The van der Waals surface area contributed by atoms with Gasteiger partial charge in [0.15, 0.2) is 29.4 Å². The summed E-state index contributed by atoms with van der Waals surface area (Å²) in [5.41, 5.74) is 5.16. The maximum Gasteiger partial charge on any atom is 0.166 e. The van der Waals surface area contributed by atoms with Gasteiger partial charge in [-0.05, 0) is 125 Å². The molecule has 0 unspecified atom stereocenters. The molecule has 0 N–H and O–H groups in total. The molecule has 0 amide bonds. The van der Waals surface area contributed by atoms with Gasteiger partial charge in [-0.3, -0.25) is 0 Å². The molecule has 0 aromatic heterocycles. The number of hydrogen-bond acceptors (Lipinski definition) is 1. The lowest BCUT2D eigenvalue weighted by atomic mass is 10.2. The van der Waals surface area contributed by atoms with E-state index in [4.69, 9.17) is 0 Å². The predicted octanol–water partition coefficient (Wildman–Crippen LogP) is 11.3. The zero-order valence-corrected chi connectivity index (χ0v) is 27.5. The van der Waals surface area contributed by atoms with E-state index in [1.807, 2.05) is 11.8 Å². The van der Waals surface area contributed by atoms with E-state index in [2.05, 4.69) is 173 Å². The van der Waals surface area contributed by atoms with Crippen LogP contribution in [0.25, 0.3) is 0 Å². The fourth-order valence-electron chi connectivity index (χ4n) is 4.94. The lowest BCUT2D eigenvalue weighted by Crippen LogP contribution is -2.05. The lowest BCUT2D eigenvalue weighted by molar-refractivity contribution is 1.26. The third kappa shape index (κ3) is 7.13. The van der Waals surface area contributed by atoms with Crippen LogP contribution in [0.5, 0.6) is 0 Å². The Morgan fingerprint density at radius 2 is 0.465 bits per heavy atom. The molecule has 6 aromatic rings. The molecule has 0 aliphatic rings. The van der Waals surface area contributed by atoms with Gasteiger partial charge in [-0.1, -0.05) is 82.5 Å². The second kappa shape index (κ2) is 13.3. The van der Waals surface area contributed by atoms with Crippen LogP contribution in [0.4, 0.5) is 0 Å². The highest BCUT2D eigenvalue weighted by atomic mass is 32.2. The van der Waals surface area contributed by atoms with Crippen molar-refractivity contribution in [2.45, 2.75) is 66.9 Å². The minimum absolute atomic E-state index is 0.142. The molecule has 43 heavy (non-hydrogen) atoms. The van der Waals surface area contributed by atoms with Gasteiger partial charge in [-0.2, -0.15) is 0 Å². The highest BCUT2D eigenvalue weighted by molar-refractivity contribution is 7.99. The van der Waals surface area contributed by atoms with Crippen LogP contribution in [-0.4, -0.2) is 0 Å². The van der Waals surface area contributed by atoms with Crippen molar-refractivity contribution in [3.05, 3.63) is 168 Å². The van der Waals surface area contributed by atoms with E-state index in [-0.39, 0.29) is 21.8 Å². The SMILES string of the molecule is Cc1ccc([S+](c2ccc(C)cc2)c2ccc(Sc3ccc([S+](c4ccc(C)cc4)c4ccc(C)cc4)cc3)cc2)cc1. The van der Waals surface area contributed by atoms with E-state index >= 15 is 0 Å². The van der Waals surface area contributed by atoms with Crippen molar-refractivity contribution in [1.82, 2.24) is 0 Å². The van der Waals surface area contributed by atoms with Gasteiger partial charge in [0.1, 0.15) is 0 Å². The second-order valence-corrected chi connectivity index (χ2v) is 16.1. The van der Waals surface area contributed by atoms with Crippen molar-refractivity contribution >= 4 is 33.6 Å². The molecular weight excluding hydrogens is 577 g/mol. The third-order valence-electron chi connectivity index (χ3n) is 7.38.